The molecule has 3 saturated heterocycles. The number of likely N-dealkylation sites (tertiary alicyclic amines) is 1. The Balaban J connectivity index is 0.690. The number of anilines is 3. The number of halogens is 3. The summed E-state index contributed by atoms with van der Waals surface area (Å²) in [5, 5.41) is 5.82. The number of amides is 4. The molecule has 72 heavy (non-hydrogen) atoms. The quantitative estimate of drug-likeness (QED) is 0.135. The molecule has 0 radical (unpaired) electrons. The number of benzene rings is 2. The molecule has 2 N–H and O–H groups in total. The SMILES string of the molecule is CNc1cc(=O)n(-c2ccnc3c2cc([C@H](C)N2CC=C(c4c(C)cc(C(=O)N5CCC(F)(CC6CCN(c7ccc8c(c7)C7(CC7)C(=O)N8C7CCC(=O)NC7=O)CC6)CC5)cc4F)CC2)n3C)cc1F. The first-order chi connectivity index (χ1) is 34.6. The van der Waals surface area contributed by atoms with Gasteiger partial charge in [0.2, 0.25) is 17.7 Å². The molecular weight excluding hydrogens is 924 g/mol. The second-order valence-corrected chi connectivity index (χ2v) is 21.0. The van der Waals surface area contributed by atoms with Crippen molar-refractivity contribution in [3.8, 4) is 5.69 Å². The van der Waals surface area contributed by atoms with Crippen molar-refractivity contribution in [2.24, 2.45) is 13.0 Å². The highest BCUT2D eigenvalue weighted by atomic mass is 19.1. The molecule has 3 aromatic heterocycles. The molecule has 1 spiro atoms. The number of piperidine rings is 3. The fourth-order valence-corrected chi connectivity index (χ4v) is 12.5. The van der Waals surface area contributed by atoms with E-state index >= 15 is 8.78 Å². The number of hydrogen-bond donors (Lipinski definition) is 2. The van der Waals surface area contributed by atoms with Crippen LogP contribution in [-0.4, -0.2) is 106 Å². The predicted octanol–water partition coefficient (Wildman–Crippen LogP) is 7.64. The van der Waals surface area contributed by atoms with E-state index in [-0.39, 0.29) is 78.8 Å². The third kappa shape index (κ3) is 8.17. The zero-order valence-electron chi connectivity index (χ0n) is 41.2. The zero-order valence-corrected chi connectivity index (χ0v) is 41.2. The summed E-state index contributed by atoms with van der Waals surface area (Å²) in [5.74, 6) is -1.89. The van der Waals surface area contributed by atoms with Crippen molar-refractivity contribution in [1.29, 1.82) is 0 Å². The minimum Gasteiger partial charge on any atom is -0.386 e. The topological polar surface area (TPSA) is 145 Å². The number of carbonyl (C=O) groups excluding carboxylic acids is 4. The highest BCUT2D eigenvalue weighted by Gasteiger charge is 2.61. The number of imide groups is 1. The van der Waals surface area contributed by atoms with E-state index in [0.717, 1.165) is 67.0 Å². The maximum absolute atomic E-state index is 16.6. The minimum atomic E-state index is -1.40. The fourth-order valence-electron chi connectivity index (χ4n) is 12.5. The first kappa shape index (κ1) is 47.6. The number of carbonyl (C=O) groups is 4. The fraction of sp³-hybridized carbons (Fsp3) is 0.455. The Morgan fingerprint density at radius 2 is 1.67 bits per heavy atom. The lowest BCUT2D eigenvalue weighted by Crippen LogP contribution is -2.54. The maximum atomic E-state index is 16.6. The monoisotopic (exact) mass is 983 g/mol. The third-order valence-corrected chi connectivity index (χ3v) is 16.8. The van der Waals surface area contributed by atoms with E-state index < -0.39 is 34.7 Å². The van der Waals surface area contributed by atoms with Crippen LogP contribution < -0.4 is 26.0 Å². The first-order valence-electron chi connectivity index (χ1n) is 25.4. The van der Waals surface area contributed by atoms with Crippen LogP contribution in [0.5, 0.6) is 0 Å². The number of nitrogens with zero attached hydrogens (tertiary/aromatic N) is 7. The zero-order chi connectivity index (χ0) is 50.4. The van der Waals surface area contributed by atoms with Gasteiger partial charge in [0.05, 0.1) is 23.0 Å². The molecule has 5 aliphatic heterocycles. The van der Waals surface area contributed by atoms with Gasteiger partial charge >= 0.3 is 0 Å². The van der Waals surface area contributed by atoms with E-state index in [4.69, 9.17) is 0 Å². The van der Waals surface area contributed by atoms with Crippen molar-refractivity contribution in [2.75, 3.05) is 61.4 Å². The summed E-state index contributed by atoms with van der Waals surface area (Å²) in [5.41, 5.74) is 4.94. The van der Waals surface area contributed by atoms with Gasteiger partial charge < -0.3 is 19.7 Å². The smallest absolute Gasteiger partial charge is 0.257 e. The number of rotatable bonds is 10. The lowest BCUT2D eigenvalue weighted by atomic mass is 9.80. The highest BCUT2D eigenvalue weighted by Crippen LogP contribution is 2.59. The van der Waals surface area contributed by atoms with Gasteiger partial charge in [-0.05, 0) is 137 Å². The van der Waals surface area contributed by atoms with Crippen molar-refractivity contribution in [1.82, 2.24) is 29.2 Å². The average molecular weight is 984 g/mol. The van der Waals surface area contributed by atoms with Crippen LogP contribution in [0.25, 0.3) is 22.3 Å². The normalized spacial score (nSPS) is 21.5. The van der Waals surface area contributed by atoms with Crippen LogP contribution in [0.4, 0.5) is 30.2 Å². The summed E-state index contributed by atoms with van der Waals surface area (Å²) >= 11 is 0. The van der Waals surface area contributed by atoms with Gasteiger partial charge in [0, 0.05) is 112 Å². The van der Waals surface area contributed by atoms with Crippen LogP contribution in [0, 0.1) is 24.5 Å². The molecule has 1 unspecified atom stereocenters. The number of aromatic nitrogens is 3. The number of aryl methyl sites for hydroxylation is 2. The number of nitrogens with one attached hydrogen (secondary N) is 2. The molecule has 4 amide bonds. The lowest BCUT2D eigenvalue weighted by molar-refractivity contribution is -0.135. The molecule has 14 nitrogen and oxygen atoms in total. The summed E-state index contributed by atoms with van der Waals surface area (Å²) < 4.78 is 50.8. The number of fused-ring (bicyclic) bond motifs is 3. The van der Waals surface area contributed by atoms with Crippen molar-refractivity contribution < 1.29 is 32.3 Å². The second kappa shape index (κ2) is 18.1. The van der Waals surface area contributed by atoms with Crippen LogP contribution in [0.1, 0.15) is 110 Å². The molecule has 2 aromatic carbocycles. The Kier molecular flexibility index (Phi) is 11.9. The Morgan fingerprint density at radius 1 is 0.903 bits per heavy atom. The van der Waals surface area contributed by atoms with Crippen LogP contribution in [0.15, 0.2) is 71.8 Å². The molecule has 376 valence electrons. The van der Waals surface area contributed by atoms with Crippen LogP contribution >= 0.6 is 0 Å². The summed E-state index contributed by atoms with van der Waals surface area (Å²) in [6.45, 7) is 7.16. The van der Waals surface area contributed by atoms with Crippen LogP contribution in [0.2, 0.25) is 0 Å². The van der Waals surface area contributed by atoms with E-state index in [1.54, 1.807) is 35.2 Å². The van der Waals surface area contributed by atoms with Crippen molar-refractivity contribution >= 4 is 57.3 Å². The number of alkyl halides is 1. The summed E-state index contributed by atoms with van der Waals surface area (Å²) in [4.78, 5) is 77.7. The van der Waals surface area contributed by atoms with Crippen molar-refractivity contribution in [2.45, 2.75) is 101 Å². The molecular formula is C55H60F3N9O5. The standard InChI is InChI=1S/C55H60F3N9O5/c1-32-25-36(26-40(56)49(32)35-12-21-63(22-13-35)33(2)46-28-38-43(9-18-60-50(38)62(46)4)66-31-41(57)42(59-3)29-48(66)69)52(71)65-23-16-54(58,17-24-65)30-34-10-19-64(20-11-34)37-5-6-44-39(27-37)55(14-15-55)53(72)67(44)45-7-8-47(68)61-51(45)70/h5-6,9,12,18,25-29,31,33-34,45,59H,7-8,10-11,13-17,19-24,30H2,1-4H3,(H,61,68,70)/t33-,45?/m0/s1. The molecule has 0 bridgehead atoms. The molecule has 4 fully saturated rings. The number of pyridine rings is 2. The Bertz CT molecular complexity index is 3140. The van der Waals surface area contributed by atoms with Crippen LogP contribution in [-0.2, 0) is 26.8 Å². The van der Waals surface area contributed by atoms with Gasteiger partial charge in [-0.3, -0.25) is 43.7 Å². The van der Waals surface area contributed by atoms with Gasteiger partial charge in [-0.2, -0.15) is 0 Å². The Labute approximate surface area is 415 Å². The van der Waals surface area contributed by atoms with E-state index in [0.29, 0.717) is 60.2 Å². The van der Waals surface area contributed by atoms with E-state index in [9.17, 15) is 28.4 Å². The predicted molar refractivity (Wildman–Crippen MR) is 269 cm³/mol. The Hall–Kier alpha value is -6.75. The number of hydrogen-bond acceptors (Lipinski definition) is 9. The maximum Gasteiger partial charge on any atom is 0.257 e. The largest absolute Gasteiger partial charge is 0.386 e. The van der Waals surface area contributed by atoms with E-state index in [2.05, 4.69) is 38.4 Å². The summed E-state index contributed by atoms with van der Waals surface area (Å²) in [7, 11) is 3.48. The molecule has 11 rings (SSSR count). The summed E-state index contributed by atoms with van der Waals surface area (Å²) in [6.07, 6.45) is 9.94. The van der Waals surface area contributed by atoms with Gasteiger partial charge in [-0.1, -0.05) is 6.08 Å². The third-order valence-electron chi connectivity index (χ3n) is 16.8. The average Bonchev–Trinajstić information content (AvgIpc) is 4.06. The van der Waals surface area contributed by atoms with Gasteiger partial charge in [0.15, 0.2) is 5.82 Å². The summed E-state index contributed by atoms with van der Waals surface area (Å²) in [6, 6.07) is 13.3. The Morgan fingerprint density at radius 3 is 2.35 bits per heavy atom. The van der Waals surface area contributed by atoms with E-state index in [1.807, 2.05) is 42.8 Å². The first-order valence-corrected chi connectivity index (χ1v) is 25.4. The van der Waals surface area contributed by atoms with E-state index in [1.165, 1.54) is 22.9 Å². The second-order valence-electron chi connectivity index (χ2n) is 21.0. The molecule has 8 heterocycles. The van der Waals surface area contributed by atoms with Gasteiger partial charge in [0.1, 0.15) is 23.2 Å². The highest BCUT2D eigenvalue weighted by molar-refractivity contribution is 6.15. The van der Waals surface area contributed by atoms with Gasteiger partial charge in [-0.15, -0.1) is 0 Å². The molecule has 2 atom stereocenters. The van der Waals surface area contributed by atoms with Gasteiger partial charge in [-0.25, -0.2) is 18.2 Å². The lowest BCUT2D eigenvalue weighted by Gasteiger charge is -2.41. The minimum absolute atomic E-state index is 0.0543. The molecule has 6 aliphatic rings. The van der Waals surface area contributed by atoms with Crippen molar-refractivity contribution in [3.63, 3.8) is 0 Å². The van der Waals surface area contributed by atoms with Crippen molar-refractivity contribution in [3.05, 3.63) is 117 Å². The van der Waals surface area contributed by atoms with Gasteiger partial charge in [0.25, 0.3) is 11.5 Å². The molecule has 1 aliphatic carbocycles. The molecule has 5 aromatic rings. The van der Waals surface area contributed by atoms with Crippen LogP contribution in [0.3, 0.4) is 0 Å². The molecule has 1 saturated carbocycles. The molecule has 17 heteroatoms.